The molecule has 1 aromatic heterocycles. The number of benzene rings is 2. The van der Waals surface area contributed by atoms with Crippen LogP contribution in [0.2, 0.25) is 5.02 Å². The van der Waals surface area contributed by atoms with Crippen molar-refractivity contribution in [1.82, 2.24) is 10.3 Å². The van der Waals surface area contributed by atoms with Crippen molar-refractivity contribution < 1.29 is 32.3 Å². The fourth-order valence-electron chi connectivity index (χ4n) is 5.22. The van der Waals surface area contributed by atoms with E-state index in [4.69, 9.17) is 16.3 Å². The molecule has 1 N–H and O–H groups in total. The van der Waals surface area contributed by atoms with Crippen molar-refractivity contribution in [3.63, 3.8) is 0 Å². The highest BCUT2D eigenvalue weighted by Crippen LogP contribution is 2.39. The zero-order chi connectivity index (χ0) is 30.7. The Bertz CT molecular complexity index is 1590. The Morgan fingerprint density at radius 1 is 1.19 bits per heavy atom. The molecule has 1 aliphatic heterocycles. The summed E-state index contributed by atoms with van der Waals surface area (Å²) in [6.07, 6.45) is -0.719. The van der Waals surface area contributed by atoms with Crippen molar-refractivity contribution in [3.05, 3.63) is 88.8 Å². The predicted octanol–water partition coefficient (Wildman–Crippen LogP) is 5.54. The highest BCUT2D eigenvalue weighted by molar-refractivity contribution is 6.31. The van der Waals surface area contributed by atoms with Crippen molar-refractivity contribution >= 4 is 41.0 Å². The molecule has 3 aromatic rings. The SMILES string of the molecule is N#Cc1ccnc(N2C(=O)OCCC2CC(=O)N(c2cccc(F)c2)C(C(=O)NC2CC(F)(F)C2)c2ccccc2Cl)c1. The van der Waals surface area contributed by atoms with Gasteiger partial charge in [0.25, 0.3) is 5.92 Å². The van der Waals surface area contributed by atoms with Gasteiger partial charge in [-0.15, -0.1) is 0 Å². The number of pyridine rings is 1. The summed E-state index contributed by atoms with van der Waals surface area (Å²) in [5, 5.41) is 12.0. The first-order chi connectivity index (χ1) is 20.6. The van der Waals surface area contributed by atoms with Gasteiger partial charge in [-0.1, -0.05) is 35.9 Å². The van der Waals surface area contributed by atoms with E-state index in [9.17, 15) is 32.8 Å². The van der Waals surface area contributed by atoms with E-state index in [1.165, 1.54) is 48.7 Å². The monoisotopic (exact) mass is 611 g/mol. The second kappa shape index (κ2) is 12.3. The summed E-state index contributed by atoms with van der Waals surface area (Å²) < 4.78 is 46.9. The minimum atomic E-state index is -2.91. The van der Waals surface area contributed by atoms with E-state index in [1.807, 2.05) is 6.07 Å². The van der Waals surface area contributed by atoms with Crippen LogP contribution in [0.25, 0.3) is 0 Å². The Kier molecular flexibility index (Phi) is 8.54. The maximum absolute atomic E-state index is 14.5. The molecule has 2 fully saturated rings. The topological polar surface area (TPSA) is 116 Å². The quantitative estimate of drug-likeness (QED) is 0.358. The summed E-state index contributed by atoms with van der Waals surface area (Å²) in [5.41, 5.74) is 0.430. The number of carbonyl (C=O) groups is 3. The zero-order valence-electron chi connectivity index (χ0n) is 22.6. The van der Waals surface area contributed by atoms with E-state index in [2.05, 4.69) is 10.3 Å². The lowest BCUT2D eigenvalue weighted by Gasteiger charge is -2.39. The molecule has 1 saturated carbocycles. The van der Waals surface area contributed by atoms with E-state index in [0.717, 1.165) is 15.9 Å². The second-order valence-corrected chi connectivity index (χ2v) is 10.7. The van der Waals surface area contributed by atoms with Crippen LogP contribution in [0.1, 0.15) is 42.9 Å². The van der Waals surface area contributed by atoms with E-state index in [1.54, 1.807) is 12.1 Å². The third-order valence-electron chi connectivity index (χ3n) is 7.27. The number of halogens is 4. The number of amides is 3. The number of carbonyl (C=O) groups excluding carboxylic acids is 3. The molecule has 0 radical (unpaired) electrons. The number of ether oxygens (including phenoxy) is 1. The first-order valence-corrected chi connectivity index (χ1v) is 13.8. The van der Waals surface area contributed by atoms with Gasteiger partial charge in [-0.2, -0.15) is 5.26 Å². The summed E-state index contributed by atoms with van der Waals surface area (Å²) in [7, 11) is 0. The fourth-order valence-corrected chi connectivity index (χ4v) is 5.46. The van der Waals surface area contributed by atoms with Gasteiger partial charge in [0.05, 0.1) is 24.3 Å². The minimum absolute atomic E-state index is 0.00446. The van der Waals surface area contributed by atoms with Gasteiger partial charge in [-0.25, -0.2) is 22.9 Å². The molecular weight excluding hydrogens is 587 g/mol. The molecule has 1 saturated heterocycles. The Labute approximate surface area is 249 Å². The lowest BCUT2D eigenvalue weighted by molar-refractivity contribution is -0.132. The summed E-state index contributed by atoms with van der Waals surface area (Å²) in [6, 6.07) is 13.0. The zero-order valence-corrected chi connectivity index (χ0v) is 23.3. The van der Waals surface area contributed by atoms with Gasteiger partial charge in [0.15, 0.2) is 0 Å². The standard InChI is InChI=1S/C30H25ClF3N5O4/c31-24-7-2-1-6-23(24)27(28(41)37-20-15-30(33,34)16-20)39(21-5-3-4-19(32)13-21)26(40)14-22-9-11-43-29(42)38(22)25-12-18(17-35)8-10-36-25/h1-8,10,12-13,20,22,27H,9,11,14-16H2,(H,37,41). The summed E-state index contributed by atoms with van der Waals surface area (Å²) in [6.45, 7) is -0.00446. The van der Waals surface area contributed by atoms with Crippen LogP contribution in [0.4, 0.5) is 29.5 Å². The highest BCUT2D eigenvalue weighted by atomic mass is 35.5. The number of anilines is 2. The van der Waals surface area contributed by atoms with Crippen molar-refractivity contribution in [2.75, 3.05) is 16.4 Å². The molecule has 43 heavy (non-hydrogen) atoms. The number of aromatic nitrogens is 1. The Balaban J connectivity index is 1.54. The van der Waals surface area contributed by atoms with Gasteiger partial charge >= 0.3 is 6.09 Å². The second-order valence-electron chi connectivity index (χ2n) is 10.3. The van der Waals surface area contributed by atoms with Gasteiger partial charge in [0.2, 0.25) is 11.8 Å². The molecule has 5 rings (SSSR count). The number of alkyl halides is 2. The maximum Gasteiger partial charge on any atom is 0.415 e. The molecule has 2 aliphatic rings. The predicted molar refractivity (Wildman–Crippen MR) is 150 cm³/mol. The summed E-state index contributed by atoms with van der Waals surface area (Å²) in [5.74, 6) is -4.98. The molecule has 3 amide bonds. The van der Waals surface area contributed by atoms with E-state index < -0.39 is 60.6 Å². The normalized spacial score (nSPS) is 18.5. The molecule has 9 nitrogen and oxygen atoms in total. The number of nitrogens with zero attached hydrogens (tertiary/aromatic N) is 4. The Hall–Kier alpha value is -4.63. The maximum atomic E-state index is 14.5. The fraction of sp³-hybridized carbons (Fsp3) is 0.300. The lowest BCUT2D eigenvalue weighted by atomic mass is 9.87. The Morgan fingerprint density at radius 2 is 1.95 bits per heavy atom. The van der Waals surface area contributed by atoms with Gasteiger partial charge in [-0.3, -0.25) is 19.4 Å². The molecule has 1 aliphatic carbocycles. The third-order valence-corrected chi connectivity index (χ3v) is 7.61. The van der Waals surface area contributed by atoms with Crippen LogP contribution in [0, 0.1) is 17.1 Å². The van der Waals surface area contributed by atoms with E-state index in [0.29, 0.717) is 0 Å². The molecule has 2 aromatic carbocycles. The van der Waals surface area contributed by atoms with Crippen LogP contribution in [0.5, 0.6) is 0 Å². The number of cyclic esters (lactones) is 1. The van der Waals surface area contributed by atoms with Crippen LogP contribution in [0.15, 0.2) is 66.9 Å². The molecule has 2 heterocycles. The molecule has 2 atom stereocenters. The van der Waals surface area contributed by atoms with Gasteiger partial charge in [0.1, 0.15) is 17.7 Å². The first-order valence-electron chi connectivity index (χ1n) is 13.4. The van der Waals surface area contributed by atoms with Crippen LogP contribution in [-0.2, 0) is 14.3 Å². The smallest absolute Gasteiger partial charge is 0.415 e. The highest BCUT2D eigenvalue weighted by Gasteiger charge is 2.47. The Morgan fingerprint density at radius 3 is 2.65 bits per heavy atom. The molecule has 0 bridgehead atoms. The average Bonchev–Trinajstić information content (AvgIpc) is 2.95. The molecule has 2 unspecified atom stereocenters. The van der Waals surface area contributed by atoms with Crippen molar-refractivity contribution in [1.29, 1.82) is 5.26 Å². The molecule has 0 spiro atoms. The van der Waals surface area contributed by atoms with E-state index in [-0.39, 0.29) is 47.1 Å². The molecule has 13 heteroatoms. The first kappa shape index (κ1) is 29.8. The van der Waals surface area contributed by atoms with Gasteiger partial charge in [0, 0.05) is 54.2 Å². The van der Waals surface area contributed by atoms with Gasteiger partial charge < -0.3 is 10.1 Å². The number of hydrogen-bond donors (Lipinski definition) is 1. The average molecular weight is 612 g/mol. The van der Waals surface area contributed by atoms with Crippen LogP contribution < -0.4 is 15.1 Å². The summed E-state index contributed by atoms with van der Waals surface area (Å²) in [4.78, 5) is 47.3. The number of nitrogens with one attached hydrogen (secondary N) is 1. The molecular formula is C30H25ClF3N5O4. The summed E-state index contributed by atoms with van der Waals surface area (Å²) >= 11 is 6.49. The molecule has 222 valence electrons. The van der Waals surface area contributed by atoms with Gasteiger partial charge in [-0.05, 0) is 36.4 Å². The van der Waals surface area contributed by atoms with Crippen LogP contribution in [0.3, 0.4) is 0 Å². The lowest BCUT2D eigenvalue weighted by Crippen LogP contribution is -2.55. The van der Waals surface area contributed by atoms with Crippen molar-refractivity contribution in [2.24, 2.45) is 0 Å². The van der Waals surface area contributed by atoms with Crippen molar-refractivity contribution in [3.8, 4) is 6.07 Å². The van der Waals surface area contributed by atoms with E-state index >= 15 is 0 Å². The third kappa shape index (κ3) is 6.57. The largest absolute Gasteiger partial charge is 0.449 e. The van der Waals surface area contributed by atoms with Crippen molar-refractivity contribution in [2.45, 2.75) is 49.7 Å². The van der Waals surface area contributed by atoms with Crippen LogP contribution >= 0.6 is 11.6 Å². The number of nitriles is 1. The minimum Gasteiger partial charge on any atom is -0.449 e. The number of rotatable bonds is 8. The van der Waals surface area contributed by atoms with Crippen LogP contribution in [-0.4, -0.2) is 47.5 Å². The number of hydrogen-bond acceptors (Lipinski definition) is 6.